The van der Waals surface area contributed by atoms with Crippen molar-refractivity contribution in [2.24, 2.45) is 5.92 Å². The van der Waals surface area contributed by atoms with E-state index in [0.29, 0.717) is 19.0 Å². The zero-order chi connectivity index (χ0) is 12.3. The molecular formula is C13H19NO2S. The predicted molar refractivity (Wildman–Crippen MR) is 69.3 cm³/mol. The minimum atomic E-state index is -2.99. The third-order valence-electron chi connectivity index (χ3n) is 3.41. The molecule has 94 valence electrons. The van der Waals surface area contributed by atoms with Gasteiger partial charge in [0.1, 0.15) is 0 Å². The molecule has 1 fully saturated rings. The van der Waals surface area contributed by atoms with E-state index in [2.05, 4.69) is 24.3 Å². The summed E-state index contributed by atoms with van der Waals surface area (Å²) >= 11 is 0. The molecule has 4 heteroatoms. The molecule has 2 rings (SSSR count). The van der Waals surface area contributed by atoms with Crippen LogP contribution < -0.4 is 0 Å². The van der Waals surface area contributed by atoms with Crippen molar-refractivity contribution in [2.75, 3.05) is 19.3 Å². The van der Waals surface area contributed by atoms with Crippen LogP contribution in [0.3, 0.4) is 0 Å². The molecule has 17 heavy (non-hydrogen) atoms. The van der Waals surface area contributed by atoms with E-state index in [9.17, 15) is 8.42 Å². The third kappa shape index (κ3) is 3.54. The summed E-state index contributed by atoms with van der Waals surface area (Å²) in [6, 6.07) is 10.4. The average molecular weight is 253 g/mol. The lowest BCUT2D eigenvalue weighted by atomic mass is 9.91. The summed E-state index contributed by atoms with van der Waals surface area (Å²) in [5, 5.41) is 0. The van der Waals surface area contributed by atoms with Crippen LogP contribution >= 0.6 is 0 Å². The fourth-order valence-electron chi connectivity index (χ4n) is 2.39. The van der Waals surface area contributed by atoms with Gasteiger partial charge in [-0.15, -0.1) is 0 Å². The molecule has 0 N–H and O–H groups in total. The zero-order valence-corrected chi connectivity index (χ0v) is 11.0. The van der Waals surface area contributed by atoms with Crippen molar-refractivity contribution in [2.45, 2.75) is 19.3 Å². The van der Waals surface area contributed by atoms with Gasteiger partial charge in [0.15, 0.2) is 0 Å². The van der Waals surface area contributed by atoms with Crippen molar-refractivity contribution < 1.29 is 8.42 Å². The molecule has 0 atom stereocenters. The molecule has 0 radical (unpaired) electrons. The second-order valence-corrected chi connectivity index (χ2v) is 6.78. The van der Waals surface area contributed by atoms with Crippen LogP contribution in [0.15, 0.2) is 30.3 Å². The highest BCUT2D eigenvalue weighted by Gasteiger charge is 2.24. The van der Waals surface area contributed by atoms with Crippen molar-refractivity contribution in [3.05, 3.63) is 35.9 Å². The van der Waals surface area contributed by atoms with Crippen LogP contribution in [0.1, 0.15) is 18.4 Å². The number of hydrogen-bond acceptors (Lipinski definition) is 2. The van der Waals surface area contributed by atoms with Crippen LogP contribution in [-0.2, 0) is 16.4 Å². The Morgan fingerprint density at radius 3 is 2.29 bits per heavy atom. The van der Waals surface area contributed by atoms with Crippen LogP contribution in [0.5, 0.6) is 0 Å². The molecule has 0 spiro atoms. The molecular weight excluding hydrogens is 234 g/mol. The van der Waals surface area contributed by atoms with Crippen LogP contribution in [0.2, 0.25) is 0 Å². The summed E-state index contributed by atoms with van der Waals surface area (Å²) in [6.45, 7) is 1.35. The molecule has 1 aliphatic heterocycles. The Labute approximate surface area is 104 Å². The van der Waals surface area contributed by atoms with E-state index in [1.165, 1.54) is 11.8 Å². The number of sulfonamides is 1. The highest BCUT2D eigenvalue weighted by Crippen LogP contribution is 2.22. The number of nitrogens with zero attached hydrogens (tertiary/aromatic N) is 1. The summed E-state index contributed by atoms with van der Waals surface area (Å²) in [5.74, 6) is 0.621. The predicted octanol–water partition coefficient (Wildman–Crippen LogP) is 1.90. The molecule has 0 aliphatic carbocycles. The molecule has 1 saturated heterocycles. The molecule has 1 heterocycles. The molecule has 0 amide bonds. The van der Waals surface area contributed by atoms with Gasteiger partial charge in [0.05, 0.1) is 6.26 Å². The lowest BCUT2D eigenvalue weighted by Gasteiger charge is -2.30. The molecule has 0 unspecified atom stereocenters. The maximum atomic E-state index is 11.4. The van der Waals surface area contributed by atoms with Crippen LogP contribution in [0, 0.1) is 5.92 Å². The summed E-state index contributed by atoms with van der Waals surface area (Å²) < 4.78 is 24.3. The van der Waals surface area contributed by atoms with E-state index in [-0.39, 0.29) is 0 Å². The van der Waals surface area contributed by atoms with Gasteiger partial charge in [0, 0.05) is 13.1 Å². The summed E-state index contributed by atoms with van der Waals surface area (Å²) in [4.78, 5) is 0. The molecule has 1 aromatic carbocycles. The van der Waals surface area contributed by atoms with Gasteiger partial charge in [-0.3, -0.25) is 0 Å². The Bertz CT molecular complexity index is 448. The van der Waals surface area contributed by atoms with E-state index in [0.717, 1.165) is 19.3 Å². The minimum Gasteiger partial charge on any atom is -0.213 e. The molecule has 0 saturated carbocycles. The topological polar surface area (TPSA) is 37.4 Å². The fraction of sp³-hybridized carbons (Fsp3) is 0.538. The molecule has 1 aromatic rings. The third-order valence-corrected chi connectivity index (χ3v) is 4.71. The van der Waals surface area contributed by atoms with E-state index < -0.39 is 10.0 Å². The van der Waals surface area contributed by atoms with E-state index in [1.54, 1.807) is 4.31 Å². The number of piperidine rings is 1. The first kappa shape index (κ1) is 12.6. The van der Waals surface area contributed by atoms with E-state index >= 15 is 0 Å². The van der Waals surface area contributed by atoms with Gasteiger partial charge < -0.3 is 0 Å². The van der Waals surface area contributed by atoms with Gasteiger partial charge in [0.25, 0.3) is 0 Å². The smallest absolute Gasteiger partial charge is 0.211 e. The minimum absolute atomic E-state index is 0.621. The highest BCUT2D eigenvalue weighted by atomic mass is 32.2. The molecule has 1 aliphatic rings. The Morgan fingerprint density at radius 2 is 1.76 bits per heavy atom. The van der Waals surface area contributed by atoms with Gasteiger partial charge in [-0.1, -0.05) is 30.3 Å². The van der Waals surface area contributed by atoms with Crippen LogP contribution in [0.25, 0.3) is 0 Å². The van der Waals surface area contributed by atoms with Crippen molar-refractivity contribution in [1.29, 1.82) is 0 Å². The van der Waals surface area contributed by atoms with Gasteiger partial charge in [0.2, 0.25) is 10.0 Å². The van der Waals surface area contributed by atoms with E-state index in [4.69, 9.17) is 0 Å². The van der Waals surface area contributed by atoms with Crippen molar-refractivity contribution >= 4 is 10.0 Å². The number of rotatable bonds is 3. The average Bonchev–Trinajstić information content (AvgIpc) is 2.30. The first-order chi connectivity index (χ1) is 8.05. The second-order valence-electron chi connectivity index (χ2n) is 4.80. The molecule has 0 aromatic heterocycles. The maximum Gasteiger partial charge on any atom is 0.211 e. The lowest BCUT2D eigenvalue weighted by molar-refractivity contribution is 0.274. The largest absolute Gasteiger partial charge is 0.213 e. The van der Waals surface area contributed by atoms with Crippen LogP contribution in [-0.4, -0.2) is 32.1 Å². The standard InChI is InChI=1S/C13H19NO2S/c1-17(15,16)14-9-7-13(8-10-14)11-12-5-3-2-4-6-12/h2-6,13H,7-11H2,1H3. The van der Waals surface area contributed by atoms with Gasteiger partial charge in [-0.05, 0) is 30.7 Å². The lowest BCUT2D eigenvalue weighted by Crippen LogP contribution is -2.38. The van der Waals surface area contributed by atoms with E-state index in [1.807, 2.05) is 6.07 Å². The van der Waals surface area contributed by atoms with Gasteiger partial charge in [-0.2, -0.15) is 0 Å². The Morgan fingerprint density at radius 1 is 1.18 bits per heavy atom. The van der Waals surface area contributed by atoms with Crippen molar-refractivity contribution in [1.82, 2.24) is 4.31 Å². The SMILES string of the molecule is CS(=O)(=O)N1CCC(Cc2ccccc2)CC1. The second kappa shape index (κ2) is 5.19. The molecule has 0 bridgehead atoms. The van der Waals surface area contributed by atoms with Gasteiger partial charge in [-0.25, -0.2) is 12.7 Å². The van der Waals surface area contributed by atoms with Crippen LogP contribution in [0.4, 0.5) is 0 Å². The summed E-state index contributed by atoms with van der Waals surface area (Å²) in [7, 11) is -2.99. The molecule has 3 nitrogen and oxygen atoms in total. The number of hydrogen-bond donors (Lipinski definition) is 0. The summed E-state index contributed by atoms with van der Waals surface area (Å²) in [6.07, 6.45) is 4.31. The highest BCUT2D eigenvalue weighted by molar-refractivity contribution is 7.88. The Balaban J connectivity index is 1.88. The first-order valence-electron chi connectivity index (χ1n) is 6.05. The maximum absolute atomic E-state index is 11.4. The summed E-state index contributed by atoms with van der Waals surface area (Å²) in [5.41, 5.74) is 1.35. The fourth-order valence-corrected chi connectivity index (χ4v) is 3.27. The quantitative estimate of drug-likeness (QED) is 0.825. The zero-order valence-electron chi connectivity index (χ0n) is 10.2. The van der Waals surface area contributed by atoms with Crippen molar-refractivity contribution in [3.63, 3.8) is 0 Å². The van der Waals surface area contributed by atoms with Crippen molar-refractivity contribution in [3.8, 4) is 0 Å². The normalized spacial score (nSPS) is 19.4. The Kier molecular flexibility index (Phi) is 3.84. The first-order valence-corrected chi connectivity index (χ1v) is 7.89. The van der Waals surface area contributed by atoms with Gasteiger partial charge >= 0.3 is 0 Å². The Hall–Kier alpha value is -0.870. The number of benzene rings is 1. The monoisotopic (exact) mass is 253 g/mol.